The van der Waals surface area contributed by atoms with E-state index in [4.69, 9.17) is 13.9 Å². The fraction of sp³-hybridized carbons (Fsp3) is 0.227. The van der Waals surface area contributed by atoms with E-state index in [1.165, 1.54) is 25.3 Å². The number of hydrogen-bond donors (Lipinski definition) is 1. The Morgan fingerprint density at radius 1 is 1.03 bits per heavy atom. The highest BCUT2D eigenvalue weighted by Gasteiger charge is 2.19. The van der Waals surface area contributed by atoms with Crippen LogP contribution in [0.3, 0.4) is 0 Å². The quantitative estimate of drug-likeness (QED) is 0.510. The summed E-state index contributed by atoms with van der Waals surface area (Å²) in [5.74, 6) is 0.817. The van der Waals surface area contributed by atoms with Crippen LogP contribution >= 0.6 is 0 Å². The number of ether oxygens (including phenoxy) is 2. The molecule has 0 saturated heterocycles. The average Bonchev–Trinajstić information content (AvgIpc) is 3.25. The topological polar surface area (TPSA) is 121 Å². The number of anilines is 1. The molecule has 0 atom stereocenters. The van der Waals surface area contributed by atoms with Crippen LogP contribution in [0.25, 0.3) is 17.5 Å². The predicted molar refractivity (Wildman–Crippen MR) is 119 cm³/mol. The van der Waals surface area contributed by atoms with E-state index in [1.807, 2.05) is 0 Å². The van der Waals surface area contributed by atoms with Crippen molar-refractivity contribution in [1.82, 2.24) is 10.2 Å². The molecule has 1 heterocycles. The van der Waals surface area contributed by atoms with E-state index in [0.717, 1.165) is 5.56 Å². The van der Waals surface area contributed by atoms with Gasteiger partial charge in [-0.25, -0.2) is 8.42 Å². The first-order valence-electron chi connectivity index (χ1n) is 9.63. The summed E-state index contributed by atoms with van der Waals surface area (Å²) in [6, 6.07) is 11.3. The molecule has 3 rings (SSSR count). The van der Waals surface area contributed by atoms with Gasteiger partial charge in [0.1, 0.15) is 0 Å². The second-order valence-electron chi connectivity index (χ2n) is 6.97. The molecule has 1 amide bonds. The highest BCUT2D eigenvalue weighted by molar-refractivity contribution is 7.92. The molecule has 0 aliphatic rings. The Balaban J connectivity index is 1.67. The number of aromatic nitrogens is 2. The molecule has 0 unspecified atom stereocenters. The summed E-state index contributed by atoms with van der Waals surface area (Å²) in [6.45, 7) is 3.24. The number of carbonyl (C=O) groups excluding carboxylic acids is 1. The molecule has 1 N–H and O–H groups in total. The van der Waals surface area contributed by atoms with Gasteiger partial charge >= 0.3 is 6.01 Å². The number of rotatable bonds is 8. The van der Waals surface area contributed by atoms with Gasteiger partial charge < -0.3 is 13.9 Å². The molecule has 0 spiro atoms. The molecule has 0 fully saturated rings. The van der Waals surface area contributed by atoms with Crippen LogP contribution in [0.15, 0.2) is 57.9 Å². The average molecular weight is 458 g/mol. The Hall–Kier alpha value is -3.66. The maximum atomic E-state index is 12.2. The van der Waals surface area contributed by atoms with E-state index in [-0.39, 0.29) is 16.8 Å². The summed E-state index contributed by atoms with van der Waals surface area (Å²) in [7, 11) is -0.298. The zero-order chi connectivity index (χ0) is 23.3. The van der Waals surface area contributed by atoms with Crippen LogP contribution in [0.4, 0.5) is 6.01 Å². The number of hydrogen-bond acceptors (Lipinski definition) is 8. The lowest BCUT2D eigenvalue weighted by Gasteiger charge is -2.07. The number of benzene rings is 2. The largest absolute Gasteiger partial charge is 0.493 e. The second kappa shape index (κ2) is 9.65. The number of methoxy groups -OCH3 is 2. The second-order valence-corrected chi connectivity index (χ2v) is 9.47. The predicted octanol–water partition coefficient (Wildman–Crippen LogP) is 3.59. The Morgan fingerprint density at radius 3 is 2.34 bits per heavy atom. The van der Waals surface area contributed by atoms with E-state index in [9.17, 15) is 13.2 Å². The Labute approximate surface area is 186 Å². The fourth-order valence-electron chi connectivity index (χ4n) is 2.73. The van der Waals surface area contributed by atoms with Crippen LogP contribution in [0.1, 0.15) is 19.4 Å². The highest BCUT2D eigenvalue weighted by atomic mass is 32.2. The van der Waals surface area contributed by atoms with Crippen molar-refractivity contribution in [2.75, 3.05) is 19.5 Å². The Bertz CT molecular complexity index is 1230. The molecule has 0 bridgehead atoms. The molecule has 0 radical (unpaired) electrons. The normalized spacial score (nSPS) is 11.7. The van der Waals surface area contributed by atoms with E-state index in [0.29, 0.717) is 17.1 Å². The minimum atomic E-state index is -3.37. The van der Waals surface area contributed by atoms with Gasteiger partial charge in [-0.1, -0.05) is 11.2 Å². The number of carbonyl (C=O) groups is 1. The molecule has 0 aliphatic carbocycles. The first-order valence-corrected chi connectivity index (χ1v) is 11.2. The maximum absolute atomic E-state index is 12.2. The number of nitrogens with one attached hydrogen (secondary N) is 1. The molecular formula is C22H23N3O6S. The van der Waals surface area contributed by atoms with Crippen molar-refractivity contribution < 1.29 is 27.1 Å². The van der Waals surface area contributed by atoms with Crippen molar-refractivity contribution in [3.05, 3.63) is 54.1 Å². The first-order chi connectivity index (χ1) is 15.2. The molecule has 0 aliphatic heterocycles. The van der Waals surface area contributed by atoms with Gasteiger partial charge in [0.05, 0.1) is 24.4 Å². The SMILES string of the molecule is COc1ccc(C=CC(=O)Nc2nnc(-c3ccc(S(=O)(=O)C(C)C)cc3)o2)cc1OC. The van der Waals surface area contributed by atoms with Gasteiger partial charge in [-0.3, -0.25) is 10.1 Å². The smallest absolute Gasteiger partial charge is 0.322 e. The highest BCUT2D eigenvalue weighted by Crippen LogP contribution is 2.28. The fourth-order valence-corrected chi connectivity index (χ4v) is 3.78. The molecule has 3 aromatic rings. The summed E-state index contributed by atoms with van der Waals surface area (Å²) >= 11 is 0. The van der Waals surface area contributed by atoms with Crippen LogP contribution in [0, 0.1) is 0 Å². The van der Waals surface area contributed by atoms with Gasteiger partial charge in [0.2, 0.25) is 5.89 Å². The van der Waals surface area contributed by atoms with E-state index >= 15 is 0 Å². The van der Waals surface area contributed by atoms with Gasteiger partial charge in [0.15, 0.2) is 21.3 Å². The van der Waals surface area contributed by atoms with Crippen molar-refractivity contribution in [2.24, 2.45) is 0 Å². The Morgan fingerprint density at radius 2 is 1.72 bits per heavy atom. The molecule has 168 valence electrons. The lowest BCUT2D eigenvalue weighted by Crippen LogP contribution is -2.13. The summed E-state index contributed by atoms with van der Waals surface area (Å²) in [5, 5.41) is 9.65. The van der Waals surface area contributed by atoms with Gasteiger partial charge in [0, 0.05) is 11.6 Å². The van der Waals surface area contributed by atoms with Crippen molar-refractivity contribution >= 4 is 27.8 Å². The Kier molecular flexibility index (Phi) is 6.94. The third-order valence-electron chi connectivity index (χ3n) is 4.54. The molecule has 1 aromatic heterocycles. The maximum Gasteiger partial charge on any atom is 0.322 e. The summed E-state index contributed by atoms with van der Waals surface area (Å²) in [6.07, 6.45) is 2.92. The molecular weight excluding hydrogens is 434 g/mol. The summed E-state index contributed by atoms with van der Waals surface area (Å²) in [5.41, 5.74) is 1.27. The van der Waals surface area contributed by atoms with Crippen molar-refractivity contribution in [3.8, 4) is 23.0 Å². The third-order valence-corrected chi connectivity index (χ3v) is 6.71. The first kappa shape index (κ1) is 23.0. The van der Waals surface area contributed by atoms with Crippen LogP contribution < -0.4 is 14.8 Å². The number of amides is 1. The van der Waals surface area contributed by atoms with Gasteiger partial charge in [0.25, 0.3) is 5.91 Å². The number of nitrogens with zero attached hydrogens (tertiary/aromatic N) is 2. The summed E-state index contributed by atoms with van der Waals surface area (Å²) in [4.78, 5) is 12.4. The molecule has 32 heavy (non-hydrogen) atoms. The lowest BCUT2D eigenvalue weighted by atomic mass is 10.2. The van der Waals surface area contributed by atoms with Crippen LogP contribution in [0.2, 0.25) is 0 Å². The van der Waals surface area contributed by atoms with Crippen molar-refractivity contribution in [1.29, 1.82) is 0 Å². The lowest BCUT2D eigenvalue weighted by molar-refractivity contribution is -0.112. The molecule has 9 nitrogen and oxygen atoms in total. The van der Waals surface area contributed by atoms with Crippen molar-refractivity contribution in [2.45, 2.75) is 24.0 Å². The van der Waals surface area contributed by atoms with E-state index < -0.39 is 21.0 Å². The van der Waals surface area contributed by atoms with Gasteiger partial charge in [-0.15, -0.1) is 5.10 Å². The zero-order valence-electron chi connectivity index (χ0n) is 18.0. The molecule has 10 heteroatoms. The number of sulfone groups is 1. The minimum Gasteiger partial charge on any atom is -0.493 e. The standard InChI is InChI=1S/C22H23N3O6S/c1-14(2)32(27,28)17-9-7-16(8-10-17)21-24-25-22(31-21)23-20(26)12-6-15-5-11-18(29-3)19(13-15)30-4/h5-14H,1-4H3,(H,23,25,26). The van der Waals surface area contributed by atoms with Gasteiger partial charge in [-0.05, 0) is 61.9 Å². The molecule has 0 saturated carbocycles. The van der Waals surface area contributed by atoms with Crippen LogP contribution in [-0.4, -0.2) is 44.0 Å². The van der Waals surface area contributed by atoms with E-state index in [1.54, 1.807) is 57.4 Å². The zero-order valence-corrected chi connectivity index (χ0v) is 18.8. The monoisotopic (exact) mass is 457 g/mol. The van der Waals surface area contributed by atoms with Crippen LogP contribution in [0.5, 0.6) is 11.5 Å². The van der Waals surface area contributed by atoms with E-state index in [2.05, 4.69) is 15.5 Å². The van der Waals surface area contributed by atoms with Crippen LogP contribution in [-0.2, 0) is 14.6 Å². The summed E-state index contributed by atoms with van der Waals surface area (Å²) < 4.78 is 40.3. The minimum absolute atomic E-state index is 0.0826. The third kappa shape index (κ3) is 5.14. The van der Waals surface area contributed by atoms with Crippen molar-refractivity contribution in [3.63, 3.8) is 0 Å². The molecule has 2 aromatic carbocycles. The van der Waals surface area contributed by atoms with Gasteiger partial charge in [-0.2, -0.15) is 0 Å².